The number of allylic oxidation sites excluding steroid dienone is 1. The Morgan fingerprint density at radius 2 is 1.53 bits per heavy atom. The molecule has 11 heteroatoms. The molecule has 0 bridgehead atoms. The van der Waals surface area contributed by atoms with Crippen LogP contribution in [0.3, 0.4) is 0 Å². The summed E-state index contributed by atoms with van der Waals surface area (Å²) in [7, 11) is -2.28. The third kappa shape index (κ3) is 18.6. The van der Waals surface area contributed by atoms with Crippen LogP contribution in [0.25, 0.3) is 0 Å². The van der Waals surface area contributed by atoms with Gasteiger partial charge in [-0.25, -0.2) is 4.79 Å². The Hall–Kier alpha value is -3.01. The highest BCUT2D eigenvalue weighted by Crippen LogP contribution is 2.38. The summed E-state index contributed by atoms with van der Waals surface area (Å²) in [5.41, 5.74) is -2.40. The second kappa shape index (κ2) is 25.0. The van der Waals surface area contributed by atoms with Crippen LogP contribution in [0.15, 0.2) is 36.4 Å². The van der Waals surface area contributed by atoms with Crippen molar-refractivity contribution in [2.24, 2.45) is 5.92 Å². The lowest BCUT2D eigenvalue weighted by Gasteiger charge is -2.38. The smallest absolute Gasteiger partial charge is 0.339 e. The summed E-state index contributed by atoms with van der Waals surface area (Å²) < 4.78 is 30.1. The van der Waals surface area contributed by atoms with Crippen LogP contribution in [-0.4, -0.2) is 80.5 Å². The zero-order chi connectivity index (χ0) is 44.2. The first-order chi connectivity index (χ1) is 27.7. The molecule has 0 radical (unpaired) electrons. The van der Waals surface area contributed by atoms with Crippen molar-refractivity contribution in [3.8, 4) is 17.6 Å². The van der Waals surface area contributed by atoms with E-state index in [4.69, 9.17) is 23.4 Å². The van der Waals surface area contributed by atoms with Crippen LogP contribution in [0.5, 0.6) is 5.75 Å². The number of carbonyl (C=O) groups is 3. The van der Waals surface area contributed by atoms with Gasteiger partial charge in [-0.15, -0.1) is 5.92 Å². The van der Waals surface area contributed by atoms with Crippen molar-refractivity contribution in [1.29, 1.82) is 0 Å². The Morgan fingerprint density at radius 3 is 2.07 bits per heavy atom. The van der Waals surface area contributed by atoms with Gasteiger partial charge in [-0.3, -0.25) is 9.59 Å². The van der Waals surface area contributed by atoms with Gasteiger partial charge in [-0.05, 0) is 103 Å². The first-order valence-electron chi connectivity index (χ1n) is 22.1. The Morgan fingerprint density at radius 1 is 0.932 bits per heavy atom. The number of aliphatic hydroxyl groups is 1. The summed E-state index contributed by atoms with van der Waals surface area (Å²) in [4.78, 5) is 41.5. The average molecular weight is 842 g/mol. The van der Waals surface area contributed by atoms with Crippen LogP contribution in [0.4, 0.5) is 0 Å². The molecule has 1 heterocycles. The summed E-state index contributed by atoms with van der Waals surface area (Å²) in [6.45, 7) is 22.7. The number of rotatable bonds is 27. The predicted molar refractivity (Wildman–Crippen MR) is 239 cm³/mol. The third-order valence-corrected chi connectivity index (χ3v) is 16.0. The molecule has 1 aromatic carbocycles. The van der Waals surface area contributed by atoms with Gasteiger partial charge >= 0.3 is 5.97 Å². The number of hydrogen-bond acceptors (Lipinski definition) is 9. The van der Waals surface area contributed by atoms with Gasteiger partial charge in [0.25, 0.3) is 0 Å². The van der Waals surface area contributed by atoms with Gasteiger partial charge in [-0.1, -0.05) is 96.4 Å². The Balaban J connectivity index is 2.28. The maximum Gasteiger partial charge on any atom is 0.339 e. The fraction of sp³-hybridized carbons (Fsp3) is 0.729. The molecule has 3 atom stereocenters. The summed E-state index contributed by atoms with van der Waals surface area (Å²) in [6.07, 6.45) is 15.8. The minimum absolute atomic E-state index is 0.0475. The lowest BCUT2D eigenvalue weighted by atomic mass is 9.82. The van der Waals surface area contributed by atoms with E-state index >= 15 is 0 Å². The number of nitrogens with one attached hydrogen (secondary N) is 1. The van der Waals surface area contributed by atoms with Gasteiger partial charge in [0.1, 0.15) is 18.0 Å². The number of Topliss-reactive ketones (excluding diaryl/α,β-unsaturated/α-hetero) is 1. The highest BCUT2D eigenvalue weighted by atomic mass is 28.4. The molecule has 334 valence electrons. The van der Waals surface area contributed by atoms with E-state index in [0.717, 1.165) is 50.5 Å². The molecule has 0 aliphatic carbocycles. The third-order valence-electron chi connectivity index (χ3n) is 11.4. The molecule has 2 N–H and O–H groups in total. The molecule has 0 unspecified atom stereocenters. The molecular weight excluding hydrogens is 763 g/mol. The van der Waals surface area contributed by atoms with Crippen molar-refractivity contribution in [2.45, 2.75) is 193 Å². The molecule has 2 rings (SSSR count). The second-order valence-electron chi connectivity index (χ2n) is 18.7. The fourth-order valence-electron chi connectivity index (χ4n) is 6.75. The zero-order valence-electron chi connectivity index (χ0n) is 38.6. The number of esters is 1. The quantitative estimate of drug-likeness (QED) is 0.0292. The van der Waals surface area contributed by atoms with Crippen LogP contribution < -0.4 is 10.1 Å². The lowest BCUT2D eigenvalue weighted by Crippen LogP contribution is -2.56. The van der Waals surface area contributed by atoms with Gasteiger partial charge in [0.05, 0.1) is 25.2 Å². The number of amides is 1. The second-order valence-corrected chi connectivity index (χ2v) is 23.5. The SMILES string of the molecule is CC#CCOc1ccc(C[C@H](NC(=O)[C@@H](/C=C/CCCCCCC2(CCCCCCC)OCCO2)[C@@](O)(CCO[Si](C)(C)C(C)(C)C)C(=O)OC(C)(C)C)C(C)=O)cc1. The number of ether oxygens (including phenoxy) is 4. The molecular formula is C48H79NO9Si. The van der Waals surface area contributed by atoms with Gasteiger partial charge < -0.3 is 33.8 Å². The normalized spacial score (nSPS) is 16.5. The summed E-state index contributed by atoms with van der Waals surface area (Å²) >= 11 is 0. The van der Waals surface area contributed by atoms with Gasteiger partial charge in [-0.2, -0.15) is 0 Å². The Bertz CT molecular complexity index is 1510. The van der Waals surface area contributed by atoms with E-state index in [1.165, 1.54) is 32.6 Å². The van der Waals surface area contributed by atoms with Crippen molar-refractivity contribution in [3.63, 3.8) is 0 Å². The van der Waals surface area contributed by atoms with Crippen LogP contribution in [0.2, 0.25) is 18.1 Å². The molecule has 1 saturated heterocycles. The summed E-state index contributed by atoms with van der Waals surface area (Å²) in [6, 6.07) is 6.36. The van der Waals surface area contributed by atoms with E-state index in [1.807, 2.05) is 18.2 Å². The molecule has 1 aromatic rings. The fourth-order valence-corrected chi connectivity index (χ4v) is 7.80. The van der Waals surface area contributed by atoms with Crippen molar-refractivity contribution in [3.05, 3.63) is 42.0 Å². The highest BCUT2D eigenvalue weighted by molar-refractivity contribution is 6.74. The van der Waals surface area contributed by atoms with E-state index in [2.05, 4.69) is 57.9 Å². The topological polar surface area (TPSA) is 130 Å². The van der Waals surface area contributed by atoms with Crippen molar-refractivity contribution in [2.75, 3.05) is 26.4 Å². The van der Waals surface area contributed by atoms with Gasteiger partial charge in [0.2, 0.25) is 5.91 Å². The van der Waals surface area contributed by atoms with E-state index < -0.39 is 49.1 Å². The van der Waals surface area contributed by atoms with E-state index in [-0.39, 0.29) is 36.9 Å². The maximum absolute atomic E-state index is 14.4. The van der Waals surface area contributed by atoms with E-state index in [1.54, 1.807) is 45.9 Å². The van der Waals surface area contributed by atoms with Crippen molar-refractivity contribution >= 4 is 26.0 Å². The summed E-state index contributed by atoms with van der Waals surface area (Å²) in [5.74, 6) is 2.68. The highest BCUT2D eigenvalue weighted by Gasteiger charge is 2.50. The molecule has 1 fully saturated rings. The molecule has 1 aliphatic heterocycles. The number of ketones is 1. The molecule has 59 heavy (non-hydrogen) atoms. The number of unbranched alkanes of at least 4 members (excludes halogenated alkanes) is 8. The number of carbonyl (C=O) groups excluding carboxylic acids is 3. The standard InChI is InChI=1S/C48H79NO9Si/c1-12-14-16-20-23-30-47(55-35-36-56-47)31-24-21-18-17-19-22-25-41(48(53,44(52)58-45(4,5)6)32-34-57-59(10,11)46(7,8)9)43(51)49-42(38(3)50)37-39-26-28-40(29-27-39)54-33-15-13-2/h22,25-29,41-42,53H,12,14,16-21,23-24,30-37H2,1-11H3,(H,49,51)/b25-22+/t41-,42+,48+/m1/s1. The molecule has 1 amide bonds. The zero-order valence-corrected chi connectivity index (χ0v) is 39.6. The first kappa shape index (κ1) is 52.1. The minimum atomic E-state index is -2.28. The predicted octanol–water partition coefficient (Wildman–Crippen LogP) is 9.81. The van der Waals surface area contributed by atoms with Gasteiger partial charge in [0, 0.05) is 25.9 Å². The van der Waals surface area contributed by atoms with Crippen LogP contribution in [-0.2, 0) is 39.4 Å². The molecule has 0 aromatic heterocycles. The Kier molecular flexibility index (Phi) is 22.1. The van der Waals surface area contributed by atoms with Gasteiger partial charge in [0.15, 0.2) is 25.5 Å². The maximum atomic E-state index is 14.4. The van der Waals surface area contributed by atoms with E-state index in [0.29, 0.717) is 25.4 Å². The van der Waals surface area contributed by atoms with E-state index in [9.17, 15) is 19.5 Å². The molecule has 10 nitrogen and oxygen atoms in total. The first-order valence-corrected chi connectivity index (χ1v) is 25.1. The van der Waals surface area contributed by atoms with Crippen LogP contribution >= 0.6 is 0 Å². The van der Waals surface area contributed by atoms with Crippen molar-refractivity contribution in [1.82, 2.24) is 5.32 Å². The monoisotopic (exact) mass is 842 g/mol. The lowest BCUT2D eigenvalue weighted by molar-refractivity contribution is -0.185. The van der Waals surface area contributed by atoms with Crippen LogP contribution in [0.1, 0.15) is 151 Å². The number of hydrogen-bond donors (Lipinski definition) is 2. The molecule has 0 spiro atoms. The Labute approximate surface area is 358 Å². The largest absolute Gasteiger partial charge is 0.481 e. The molecule has 0 saturated carbocycles. The van der Waals surface area contributed by atoms with Crippen molar-refractivity contribution < 1.29 is 42.9 Å². The minimum Gasteiger partial charge on any atom is -0.481 e. The summed E-state index contributed by atoms with van der Waals surface area (Å²) in [5, 5.41) is 15.2. The number of benzene rings is 1. The van der Waals surface area contributed by atoms with Crippen LogP contribution in [0, 0.1) is 17.8 Å². The molecule has 1 aliphatic rings. The average Bonchev–Trinajstić information content (AvgIpc) is 3.61.